The summed E-state index contributed by atoms with van der Waals surface area (Å²) in [5.74, 6) is 5.55. The van der Waals surface area contributed by atoms with Crippen LogP contribution in [-0.2, 0) is 11.3 Å². The molecule has 2 rings (SSSR count). The molecule has 1 aromatic carbocycles. The fourth-order valence-electron chi connectivity index (χ4n) is 1.58. The van der Waals surface area contributed by atoms with Crippen molar-refractivity contribution in [1.82, 2.24) is 9.78 Å². The van der Waals surface area contributed by atoms with Crippen LogP contribution in [0.3, 0.4) is 0 Å². The van der Waals surface area contributed by atoms with Crippen LogP contribution >= 0.6 is 0 Å². The molecule has 5 nitrogen and oxygen atoms in total. The molecule has 0 saturated carbocycles. The van der Waals surface area contributed by atoms with E-state index in [0.717, 1.165) is 5.56 Å². The summed E-state index contributed by atoms with van der Waals surface area (Å²) in [6.07, 6.45) is 3.37. The molecule has 0 saturated heterocycles. The molecule has 0 aliphatic heterocycles. The van der Waals surface area contributed by atoms with E-state index in [1.165, 1.54) is 0 Å². The summed E-state index contributed by atoms with van der Waals surface area (Å²) in [5.41, 5.74) is 6.78. The number of amides is 1. The van der Waals surface area contributed by atoms with Gasteiger partial charge in [0.25, 0.3) is 0 Å². The fraction of sp³-hybridized carbons (Fsp3) is 0.143. The SMILES string of the molecule is NCC#Cc1ccccc1NC(=O)Cn1cccn1. The standard InChI is InChI=1S/C14H14N4O/c15-8-3-6-12-5-1-2-7-13(12)17-14(19)11-18-10-4-9-16-18/h1-2,4-5,7,9-10H,8,11,15H2,(H,17,19). The van der Waals surface area contributed by atoms with Gasteiger partial charge in [-0.15, -0.1) is 0 Å². The molecule has 0 aliphatic rings. The number of carbonyl (C=O) groups is 1. The quantitative estimate of drug-likeness (QED) is 0.797. The van der Waals surface area contributed by atoms with Crippen LogP contribution in [0.2, 0.25) is 0 Å². The van der Waals surface area contributed by atoms with Crippen molar-refractivity contribution in [1.29, 1.82) is 0 Å². The molecular weight excluding hydrogens is 240 g/mol. The van der Waals surface area contributed by atoms with Crippen LogP contribution in [0.1, 0.15) is 5.56 Å². The Morgan fingerprint density at radius 2 is 2.21 bits per heavy atom. The number of benzene rings is 1. The summed E-state index contributed by atoms with van der Waals surface area (Å²) in [4.78, 5) is 11.9. The van der Waals surface area contributed by atoms with Crippen LogP contribution in [0, 0.1) is 11.8 Å². The van der Waals surface area contributed by atoms with Crippen molar-refractivity contribution in [3.63, 3.8) is 0 Å². The average molecular weight is 254 g/mol. The van der Waals surface area contributed by atoms with E-state index >= 15 is 0 Å². The van der Waals surface area contributed by atoms with E-state index < -0.39 is 0 Å². The maximum absolute atomic E-state index is 11.9. The van der Waals surface area contributed by atoms with Gasteiger partial charge < -0.3 is 11.1 Å². The van der Waals surface area contributed by atoms with Gasteiger partial charge in [-0.3, -0.25) is 9.48 Å². The van der Waals surface area contributed by atoms with E-state index in [-0.39, 0.29) is 19.0 Å². The minimum absolute atomic E-state index is 0.148. The predicted molar refractivity (Wildman–Crippen MR) is 73.2 cm³/mol. The van der Waals surface area contributed by atoms with Crippen molar-refractivity contribution in [3.05, 3.63) is 48.3 Å². The van der Waals surface area contributed by atoms with Crippen LogP contribution in [0.5, 0.6) is 0 Å². The highest BCUT2D eigenvalue weighted by atomic mass is 16.2. The van der Waals surface area contributed by atoms with Crippen molar-refractivity contribution < 1.29 is 4.79 Å². The van der Waals surface area contributed by atoms with Gasteiger partial charge in [0.1, 0.15) is 6.54 Å². The van der Waals surface area contributed by atoms with Crippen LogP contribution in [0.25, 0.3) is 0 Å². The molecule has 0 radical (unpaired) electrons. The smallest absolute Gasteiger partial charge is 0.246 e. The van der Waals surface area contributed by atoms with Gasteiger partial charge in [-0.25, -0.2) is 0 Å². The summed E-state index contributed by atoms with van der Waals surface area (Å²) in [6.45, 7) is 0.460. The van der Waals surface area contributed by atoms with Crippen molar-refractivity contribution in [2.24, 2.45) is 5.73 Å². The molecule has 0 bridgehead atoms. The summed E-state index contributed by atoms with van der Waals surface area (Å²) in [6, 6.07) is 9.13. The van der Waals surface area contributed by atoms with Crippen LogP contribution in [0.15, 0.2) is 42.7 Å². The third kappa shape index (κ3) is 3.69. The van der Waals surface area contributed by atoms with E-state index in [1.807, 2.05) is 24.3 Å². The zero-order chi connectivity index (χ0) is 13.5. The molecule has 2 aromatic rings. The van der Waals surface area contributed by atoms with Crippen molar-refractivity contribution in [3.8, 4) is 11.8 Å². The first-order valence-corrected chi connectivity index (χ1v) is 5.85. The Morgan fingerprint density at radius 1 is 1.37 bits per heavy atom. The largest absolute Gasteiger partial charge is 0.323 e. The minimum Gasteiger partial charge on any atom is -0.323 e. The third-order valence-electron chi connectivity index (χ3n) is 2.39. The molecular formula is C14H14N4O. The Hall–Kier alpha value is -2.58. The molecule has 96 valence electrons. The molecule has 0 atom stereocenters. The first-order valence-electron chi connectivity index (χ1n) is 5.85. The molecule has 1 amide bonds. The van der Waals surface area contributed by atoms with Gasteiger partial charge >= 0.3 is 0 Å². The number of nitrogens with zero attached hydrogens (tertiary/aromatic N) is 2. The lowest BCUT2D eigenvalue weighted by Gasteiger charge is -2.07. The minimum atomic E-state index is -0.148. The molecule has 1 aromatic heterocycles. The second-order valence-electron chi connectivity index (χ2n) is 3.80. The van der Waals surface area contributed by atoms with E-state index in [2.05, 4.69) is 22.3 Å². The maximum atomic E-state index is 11.9. The lowest BCUT2D eigenvalue weighted by molar-refractivity contribution is -0.116. The zero-order valence-corrected chi connectivity index (χ0v) is 10.3. The lowest BCUT2D eigenvalue weighted by Crippen LogP contribution is -2.19. The first-order chi connectivity index (χ1) is 9.29. The van der Waals surface area contributed by atoms with E-state index in [0.29, 0.717) is 5.69 Å². The Kier molecular flexibility index (Phi) is 4.32. The summed E-state index contributed by atoms with van der Waals surface area (Å²) in [7, 11) is 0. The number of nitrogens with one attached hydrogen (secondary N) is 1. The predicted octanol–water partition coefficient (Wildman–Crippen LogP) is 0.832. The van der Waals surface area contributed by atoms with Crippen LogP contribution < -0.4 is 11.1 Å². The number of aromatic nitrogens is 2. The number of rotatable bonds is 3. The topological polar surface area (TPSA) is 72.9 Å². The zero-order valence-electron chi connectivity index (χ0n) is 10.3. The number of nitrogens with two attached hydrogens (primary N) is 1. The monoisotopic (exact) mass is 254 g/mol. The van der Waals surface area contributed by atoms with Crippen molar-refractivity contribution in [2.45, 2.75) is 6.54 Å². The molecule has 1 heterocycles. The number of hydrogen-bond acceptors (Lipinski definition) is 3. The number of hydrogen-bond donors (Lipinski definition) is 2. The van der Waals surface area contributed by atoms with E-state index in [4.69, 9.17) is 5.73 Å². The average Bonchev–Trinajstić information content (AvgIpc) is 2.90. The van der Waals surface area contributed by atoms with Gasteiger partial charge in [-0.05, 0) is 18.2 Å². The highest BCUT2D eigenvalue weighted by molar-refractivity contribution is 5.91. The van der Waals surface area contributed by atoms with Crippen molar-refractivity contribution in [2.75, 3.05) is 11.9 Å². The second-order valence-corrected chi connectivity index (χ2v) is 3.80. The lowest BCUT2D eigenvalue weighted by atomic mass is 10.2. The number of para-hydroxylation sites is 1. The Labute approximate surface area is 111 Å². The van der Waals surface area contributed by atoms with E-state index in [9.17, 15) is 4.79 Å². The fourth-order valence-corrected chi connectivity index (χ4v) is 1.58. The van der Waals surface area contributed by atoms with Gasteiger partial charge in [-0.2, -0.15) is 5.10 Å². The van der Waals surface area contributed by atoms with Gasteiger partial charge in [0, 0.05) is 18.0 Å². The van der Waals surface area contributed by atoms with E-state index in [1.54, 1.807) is 23.1 Å². The highest BCUT2D eigenvalue weighted by Gasteiger charge is 2.06. The van der Waals surface area contributed by atoms with Crippen molar-refractivity contribution >= 4 is 11.6 Å². The highest BCUT2D eigenvalue weighted by Crippen LogP contribution is 2.13. The van der Waals surface area contributed by atoms with Crippen LogP contribution in [0.4, 0.5) is 5.69 Å². The Balaban J connectivity index is 2.08. The number of carbonyl (C=O) groups excluding carboxylic acids is 1. The Bertz CT molecular complexity index is 608. The molecule has 0 fully saturated rings. The van der Waals surface area contributed by atoms with Gasteiger partial charge in [0.15, 0.2) is 0 Å². The summed E-state index contributed by atoms with van der Waals surface area (Å²) >= 11 is 0. The summed E-state index contributed by atoms with van der Waals surface area (Å²) in [5, 5.41) is 6.80. The molecule has 0 unspecified atom stereocenters. The molecule has 0 spiro atoms. The van der Waals surface area contributed by atoms with Gasteiger partial charge in [0.05, 0.1) is 12.2 Å². The first kappa shape index (κ1) is 12.9. The van der Waals surface area contributed by atoms with Gasteiger partial charge in [-0.1, -0.05) is 24.0 Å². The molecule has 0 aliphatic carbocycles. The normalized spacial score (nSPS) is 9.53. The maximum Gasteiger partial charge on any atom is 0.246 e. The number of anilines is 1. The third-order valence-corrected chi connectivity index (χ3v) is 2.39. The van der Waals surface area contributed by atoms with Crippen LogP contribution in [-0.4, -0.2) is 22.2 Å². The Morgan fingerprint density at radius 3 is 2.95 bits per heavy atom. The molecule has 3 N–H and O–H groups in total. The summed E-state index contributed by atoms with van der Waals surface area (Å²) < 4.78 is 1.56. The van der Waals surface area contributed by atoms with Gasteiger partial charge in [0.2, 0.25) is 5.91 Å². The second kappa shape index (κ2) is 6.38. The molecule has 19 heavy (non-hydrogen) atoms. The molecule has 5 heteroatoms.